The molecule has 0 fully saturated rings. The third kappa shape index (κ3) is 3.40. The van der Waals surface area contributed by atoms with E-state index >= 15 is 0 Å². The predicted octanol–water partition coefficient (Wildman–Crippen LogP) is 3.70. The van der Waals surface area contributed by atoms with Crippen molar-refractivity contribution in [2.24, 2.45) is 5.73 Å². The van der Waals surface area contributed by atoms with Crippen LogP contribution in [0.4, 0.5) is 4.39 Å². The van der Waals surface area contributed by atoms with Crippen molar-refractivity contribution in [2.45, 2.75) is 18.9 Å². The maximum atomic E-state index is 13.4. The molecule has 3 heteroatoms. The summed E-state index contributed by atoms with van der Waals surface area (Å²) in [5.74, 6) is -0.237. The highest BCUT2D eigenvalue weighted by Gasteiger charge is 2.10. The molecule has 0 heterocycles. The number of hydrogen-bond acceptors (Lipinski definition) is 1. The van der Waals surface area contributed by atoms with Crippen molar-refractivity contribution in [1.82, 2.24) is 0 Å². The van der Waals surface area contributed by atoms with Crippen LogP contribution >= 0.6 is 15.9 Å². The number of halogens is 2. The minimum atomic E-state index is -0.237. The standard InChI is InChI=1S/C15H15BrFN/c16-15-12(7-4-8-14(15)17)10-13(18)9-11-5-2-1-3-6-11/h1-8,13H,9-10,18H2. The van der Waals surface area contributed by atoms with E-state index in [-0.39, 0.29) is 11.9 Å². The van der Waals surface area contributed by atoms with E-state index in [4.69, 9.17) is 5.73 Å². The highest BCUT2D eigenvalue weighted by atomic mass is 79.9. The lowest BCUT2D eigenvalue weighted by molar-refractivity contribution is 0.610. The lowest BCUT2D eigenvalue weighted by Crippen LogP contribution is -2.25. The fraction of sp³-hybridized carbons (Fsp3) is 0.200. The summed E-state index contributed by atoms with van der Waals surface area (Å²) < 4.78 is 13.9. The van der Waals surface area contributed by atoms with Gasteiger partial charge in [0.2, 0.25) is 0 Å². The summed E-state index contributed by atoms with van der Waals surface area (Å²) >= 11 is 3.26. The maximum Gasteiger partial charge on any atom is 0.137 e. The average Bonchev–Trinajstić information content (AvgIpc) is 2.36. The first kappa shape index (κ1) is 13.2. The third-order valence-corrected chi connectivity index (χ3v) is 3.74. The summed E-state index contributed by atoms with van der Waals surface area (Å²) in [4.78, 5) is 0. The van der Waals surface area contributed by atoms with Gasteiger partial charge >= 0.3 is 0 Å². The van der Waals surface area contributed by atoms with Gasteiger partial charge in [-0.25, -0.2) is 4.39 Å². The molecule has 0 aliphatic heterocycles. The van der Waals surface area contributed by atoms with Gasteiger partial charge in [0.05, 0.1) is 4.47 Å². The molecule has 94 valence electrons. The van der Waals surface area contributed by atoms with Crippen LogP contribution in [0.15, 0.2) is 53.0 Å². The van der Waals surface area contributed by atoms with Crippen molar-refractivity contribution in [3.63, 3.8) is 0 Å². The van der Waals surface area contributed by atoms with Gasteiger partial charge in [-0.2, -0.15) is 0 Å². The molecule has 0 spiro atoms. The Morgan fingerprint density at radius 3 is 2.44 bits per heavy atom. The predicted molar refractivity (Wildman–Crippen MR) is 75.9 cm³/mol. The van der Waals surface area contributed by atoms with Crippen LogP contribution in [0.2, 0.25) is 0 Å². The summed E-state index contributed by atoms with van der Waals surface area (Å²) in [6.45, 7) is 0. The molecule has 0 saturated carbocycles. The van der Waals surface area contributed by atoms with Crippen LogP contribution in [0.5, 0.6) is 0 Å². The highest BCUT2D eigenvalue weighted by Crippen LogP contribution is 2.21. The number of hydrogen-bond donors (Lipinski definition) is 1. The Hall–Kier alpha value is -1.19. The molecule has 2 aromatic carbocycles. The van der Waals surface area contributed by atoms with E-state index in [1.807, 2.05) is 24.3 Å². The van der Waals surface area contributed by atoms with E-state index in [1.165, 1.54) is 11.6 Å². The average molecular weight is 308 g/mol. The Balaban J connectivity index is 2.03. The maximum absolute atomic E-state index is 13.4. The molecule has 0 saturated heterocycles. The Kier molecular flexibility index (Phi) is 4.50. The van der Waals surface area contributed by atoms with Gasteiger partial charge in [-0.05, 0) is 46.0 Å². The van der Waals surface area contributed by atoms with Gasteiger partial charge in [-0.1, -0.05) is 42.5 Å². The summed E-state index contributed by atoms with van der Waals surface area (Å²) in [5.41, 5.74) is 8.23. The highest BCUT2D eigenvalue weighted by molar-refractivity contribution is 9.10. The summed E-state index contributed by atoms with van der Waals surface area (Å²) in [6.07, 6.45) is 1.46. The second kappa shape index (κ2) is 6.12. The van der Waals surface area contributed by atoms with E-state index in [0.29, 0.717) is 10.9 Å². The second-order valence-electron chi connectivity index (χ2n) is 4.37. The molecule has 0 aromatic heterocycles. The first-order valence-electron chi connectivity index (χ1n) is 5.89. The molecule has 2 N–H and O–H groups in total. The minimum Gasteiger partial charge on any atom is -0.327 e. The van der Waals surface area contributed by atoms with E-state index in [0.717, 1.165) is 12.0 Å². The number of rotatable bonds is 4. The molecule has 1 nitrogen and oxygen atoms in total. The zero-order valence-corrected chi connectivity index (χ0v) is 11.5. The molecule has 18 heavy (non-hydrogen) atoms. The second-order valence-corrected chi connectivity index (χ2v) is 5.16. The van der Waals surface area contributed by atoms with E-state index in [2.05, 4.69) is 28.1 Å². The third-order valence-electron chi connectivity index (χ3n) is 2.85. The molecule has 0 aliphatic carbocycles. The number of benzene rings is 2. The summed E-state index contributed by atoms with van der Waals surface area (Å²) in [5, 5.41) is 0. The topological polar surface area (TPSA) is 26.0 Å². The normalized spacial score (nSPS) is 12.4. The molecule has 0 bridgehead atoms. The van der Waals surface area contributed by atoms with Crippen LogP contribution in [0, 0.1) is 5.82 Å². The monoisotopic (exact) mass is 307 g/mol. The molecule has 0 aliphatic rings. The van der Waals surface area contributed by atoms with Gasteiger partial charge in [0.25, 0.3) is 0 Å². The minimum absolute atomic E-state index is 0.00880. The van der Waals surface area contributed by atoms with Gasteiger partial charge in [0.15, 0.2) is 0 Å². The summed E-state index contributed by atoms with van der Waals surface area (Å²) in [6, 6.07) is 15.1. The Bertz CT molecular complexity index is 513. The van der Waals surface area contributed by atoms with E-state index in [9.17, 15) is 4.39 Å². The van der Waals surface area contributed by atoms with Crippen molar-refractivity contribution in [3.8, 4) is 0 Å². The fourth-order valence-corrected chi connectivity index (χ4v) is 2.40. The SMILES string of the molecule is NC(Cc1ccccc1)Cc1cccc(F)c1Br. The quantitative estimate of drug-likeness (QED) is 0.915. The van der Waals surface area contributed by atoms with Crippen molar-refractivity contribution in [2.75, 3.05) is 0 Å². The van der Waals surface area contributed by atoms with Crippen molar-refractivity contribution >= 4 is 15.9 Å². The molecule has 0 radical (unpaired) electrons. The molecule has 2 aromatic rings. The van der Waals surface area contributed by atoms with Gasteiger partial charge in [-0.3, -0.25) is 0 Å². The molecule has 1 unspecified atom stereocenters. The van der Waals surface area contributed by atoms with Crippen LogP contribution in [0.3, 0.4) is 0 Å². The molecule has 2 rings (SSSR count). The zero-order valence-electron chi connectivity index (χ0n) is 9.94. The molecular formula is C15H15BrFN. The van der Waals surface area contributed by atoms with E-state index < -0.39 is 0 Å². The van der Waals surface area contributed by atoms with Gasteiger partial charge < -0.3 is 5.73 Å². The Morgan fingerprint density at radius 1 is 1.00 bits per heavy atom. The smallest absolute Gasteiger partial charge is 0.137 e. The largest absolute Gasteiger partial charge is 0.327 e. The van der Waals surface area contributed by atoms with Gasteiger partial charge in [0, 0.05) is 6.04 Å². The van der Waals surface area contributed by atoms with Crippen molar-refractivity contribution in [3.05, 3.63) is 69.9 Å². The fourth-order valence-electron chi connectivity index (χ4n) is 1.98. The first-order valence-corrected chi connectivity index (χ1v) is 6.68. The first-order chi connectivity index (χ1) is 8.66. The van der Waals surface area contributed by atoms with Crippen LogP contribution in [0.1, 0.15) is 11.1 Å². The molecular weight excluding hydrogens is 293 g/mol. The Morgan fingerprint density at radius 2 is 1.72 bits per heavy atom. The van der Waals surface area contributed by atoms with Crippen molar-refractivity contribution in [1.29, 1.82) is 0 Å². The Labute approximate surface area is 115 Å². The van der Waals surface area contributed by atoms with Crippen LogP contribution in [-0.2, 0) is 12.8 Å². The number of nitrogens with two attached hydrogens (primary N) is 1. The van der Waals surface area contributed by atoms with Gasteiger partial charge in [-0.15, -0.1) is 0 Å². The molecule has 1 atom stereocenters. The van der Waals surface area contributed by atoms with Gasteiger partial charge in [0.1, 0.15) is 5.82 Å². The van der Waals surface area contributed by atoms with Crippen molar-refractivity contribution < 1.29 is 4.39 Å². The molecule has 0 amide bonds. The van der Waals surface area contributed by atoms with Crippen LogP contribution < -0.4 is 5.73 Å². The lowest BCUT2D eigenvalue weighted by Gasteiger charge is -2.13. The van der Waals surface area contributed by atoms with Crippen LogP contribution in [-0.4, -0.2) is 6.04 Å². The lowest BCUT2D eigenvalue weighted by atomic mass is 10.00. The zero-order chi connectivity index (χ0) is 13.0. The van der Waals surface area contributed by atoms with Crippen LogP contribution in [0.25, 0.3) is 0 Å². The van der Waals surface area contributed by atoms with E-state index in [1.54, 1.807) is 6.07 Å². The summed E-state index contributed by atoms with van der Waals surface area (Å²) in [7, 11) is 0.